The lowest BCUT2D eigenvalue weighted by atomic mass is 9.97. The summed E-state index contributed by atoms with van der Waals surface area (Å²) >= 11 is 0. The summed E-state index contributed by atoms with van der Waals surface area (Å²) in [6.07, 6.45) is 0.535. The number of Topliss-reactive ketones (excluding diaryl/α,β-unsaturated/α-hetero) is 1. The van der Waals surface area contributed by atoms with Crippen LogP contribution in [0.25, 0.3) is 0 Å². The molecule has 4 heteroatoms. The van der Waals surface area contributed by atoms with Crippen LogP contribution in [0.3, 0.4) is 0 Å². The molecule has 41 heavy (non-hydrogen) atoms. The highest BCUT2D eigenvalue weighted by Crippen LogP contribution is 2.49. The molecule has 206 valence electrons. The highest BCUT2D eigenvalue weighted by atomic mass is 31.2. The number of nitrogens with zero attached hydrogens (tertiary/aromatic N) is 1. The van der Waals surface area contributed by atoms with Crippen molar-refractivity contribution in [3.63, 3.8) is 0 Å². The van der Waals surface area contributed by atoms with E-state index in [0.29, 0.717) is 30.1 Å². The Hall–Kier alpha value is -4.04. The number of ketones is 1. The van der Waals surface area contributed by atoms with Gasteiger partial charge in [-0.3, -0.25) is 9.69 Å². The largest absolute Gasteiger partial charge is 0.313 e. The minimum absolute atomic E-state index is 0.00300. The Morgan fingerprint density at radius 2 is 0.902 bits per heavy atom. The molecule has 5 aromatic rings. The Labute approximate surface area is 243 Å². The summed E-state index contributed by atoms with van der Waals surface area (Å²) in [7, 11) is -3.31. The molecule has 0 unspecified atom stereocenters. The first-order valence-corrected chi connectivity index (χ1v) is 15.9. The van der Waals surface area contributed by atoms with Crippen LogP contribution in [0.2, 0.25) is 0 Å². The molecule has 0 saturated heterocycles. The summed E-state index contributed by atoms with van der Waals surface area (Å²) in [5, 5.41) is 1.42. The summed E-state index contributed by atoms with van der Waals surface area (Å²) in [6.45, 7) is 3.07. The van der Waals surface area contributed by atoms with Crippen LogP contribution < -0.4 is 10.6 Å². The summed E-state index contributed by atoms with van der Waals surface area (Å²) in [5.41, 5.74) is 2.64. The maximum Gasteiger partial charge on any atom is 0.161 e. The highest BCUT2D eigenvalue weighted by molar-refractivity contribution is 7.80. The molecule has 2 atom stereocenters. The maximum absolute atomic E-state index is 15.2. The van der Waals surface area contributed by atoms with Crippen molar-refractivity contribution in [2.24, 2.45) is 0 Å². The molecule has 0 heterocycles. The van der Waals surface area contributed by atoms with E-state index in [-0.39, 0.29) is 5.78 Å². The standard InChI is InChI=1S/C37H36NO2P/c1-30(41(40,34-23-13-5-14-24-34)35-25-15-6-16-26-35)37(39)36(27-31-17-7-2-8-18-31)38(28-32-19-9-3-10-20-32)29-33-21-11-4-12-22-33/h2-26,30,36H,27-29H2,1H3/t30-,36-/m1/s1. The third-order valence-electron chi connectivity index (χ3n) is 7.73. The molecule has 3 nitrogen and oxygen atoms in total. The Bertz CT molecular complexity index is 1470. The van der Waals surface area contributed by atoms with Crippen LogP contribution in [0, 0.1) is 0 Å². The average molecular weight is 558 g/mol. The van der Waals surface area contributed by atoms with Gasteiger partial charge in [-0.05, 0) is 30.0 Å². The second kappa shape index (κ2) is 13.5. The monoisotopic (exact) mass is 557 g/mol. The van der Waals surface area contributed by atoms with E-state index in [1.165, 1.54) is 0 Å². The molecule has 0 saturated carbocycles. The van der Waals surface area contributed by atoms with Gasteiger partial charge in [0.25, 0.3) is 0 Å². The highest BCUT2D eigenvalue weighted by Gasteiger charge is 2.42. The molecule has 0 radical (unpaired) electrons. The molecule has 0 aromatic heterocycles. The lowest BCUT2D eigenvalue weighted by Gasteiger charge is -2.35. The molecule has 0 aliphatic carbocycles. The van der Waals surface area contributed by atoms with Crippen molar-refractivity contribution >= 4 is 23.5 Å². The summed E-state index contributed by atoms with van der Waals surface area (Å²) < 4.78 is 15.2. The third kappa shape index (κ3) is 6.82. The smallest absolute Gasteiger partial charge is 0.161 e. The van der Waals surface area contributed by atoms with Crippen LogP contribution in [0.1, 0.15) is 23.6 Å². The summed E-state index contributed by atoms with van der Waals surface area (Å²) in [5.74, 6) is -0.00300. The molecule has 0 N–H and O–H groups in total. The minimum atomic E-state index is -3.31. The van der Waals surface area contributed by atoms with Gasteiger partial charge >= 0.3 is 0 Å². The Morgan fingerprint density at radius 1 is 0.561 bits per heavy atom. The Balaban J connectivity index is 1.59. The Morgan fingerprint density at radius 3 is 1.29 bits per heavy atom. The van der Waals surface area contributed by atoms with Crippen molar-refractivity contribution in [3.05, 3.63) is 168 Å². The Kier molecular flexibility index (Phi) is 9.41. The zero-order valence-electron chi connectivity index (χ0n) is 23.4. The topological polar surface area (TPSA) is 37.4 Å². The molecule has 0 aliphatic rings. The number of hydrogen-bond donors (Lipinski definition) is 0. The van der Waals surface area contributed by atoms with E-state index < -0.39 is 18.8 Å². The molecule has 0 bridgehead atoms. The number of hydrogen-bond acceptors (Lipinski definition) is 3. The minimum Gasteiger partial charge on any atom is -0.313 e. The molecule has 0 fully saturated rings. The van der Waals surface area contributed by atoms with Gasteiger partial charge in [-0.15, -0.1) is 0 Å². The second-order valence-electron chi connectivity index (χ2n) is 10.5. The van der Waals surface area contributed by atoms with Crippen LogP contribution in [0.4, 0.5) is 0 Å². The van der Waals surface area contributed by atoms with Gasteiger partial charge in [0, 0.05) is 23.7 Å². The lowest BCUT2D eigenvalue weighted by Crippen LogP contribution is -2.47. The molecule has 0 amide bonds. The molecule has 5 aromatic carbocycles. The second-order valence-corrected chi connectivity index (χ2v) is 13.6. The first-order valence-electron chi connectivity index (χ1n) is 14.2. The van der Waals surface area contributed by atoms with Gasteiger partial charge in [-0.25, -0.2) is 0 Å². The predicted molar refractivity (Wildman–Crippen MR) is 170 cm³/mol. The van der Waals surface area contributed by atoms with Crippen LogP contribution in [0.5, 0.6) is 0 Å². The van der Waals surface area contributed by atoms with Crippen LogP contribution in [-0.4, -0.2) is 22.4 Å². The van der Waals surface area contributed by atoms with Gasteiger partial charge in [-0.2, -0.15) is 0 Å². The van der Waals surface area contributed by atoms with Crippen LogP contribution in [-0.2, 0) is 28.9 Å². The van der Waals surface area contributed by atoms with Crippen LogP contribution in [0.15, 0.2) is 152 Å². The van der Waals surface area contributed by atoms with Gasteiger partial charge in [0.2, 0.25) is 0 Å². The molecule has 0 spiro atoms. The van der Waals surface area contributed by atoms with Gasteiger partial charge in [0.05, 0.1) is 11.7 Å². The van der Waals surface area contributed by atoms with Crippen molar-refractivity contribution < 1.29 is 9.36 Å². The molecule has 5 rings (SSSR count). The van der Waals surface area contributed by atoms with Crippen molar-refractivity contribution in [3.8, 4) is 0 Å². The fraction of sp³-hybridized carbons (Fsp3) is 0.162. The van der Waals surface area contributed by atoms with Crippen molar-refractivity contribution in [2.45, 2.75) is 38.1 Å². The lowest BCUT2D eigenvalue weighted by molar-refractivity contribution is -0.124. The molecular weight excluding hydrogens is 521 g/mol. The fourth-order valence-electron chi connectivity index (χ4n) is 5.51. The fourth-order valence-corrected chi connectivity index (χ4v) is 8.47. The molecular formula is C37H36NO2P. The first kappa shape index (κ1) is 28.5. The average Bonchev–Trinajstić information content (AvgIpc) is 3.04. The zero-order chi connectivity index (χ0) is 28.5. The SMILES string of the molecule is C[C@H](C(=O)[C@@H](Cc1ccccc1)N(Cc1ccccc1)Cc1ccccc1)P(=O)(c1ccccc1)c1ccccc1. The van der Waals surface area contributed by atoms with E-state index >= 15 is 4.57 Å². The van der Waals surface area contributed by atoms with E-state index in [1.807, 2.05) is 122 Å². The van der Waals surface area contributed by atoms with Gasteiger partial charge in [0.1, 0.15) is 0 Å². The molecule has 0 aliphatic heterocycles. The number of benzene rings is 5. The van der Waals surface area contributed by atoms with Crippen molar-refractivity contribution in [1.29, 1.82) is 0 Å². The van der Waals surface area contributed by atoms with E-state index in [4.69, 9.17) is 0 Å². The normalized spacial score (nSPS) is 13.0. The van der Waals surface area contributed by atoms with E-state index in [0.717, 1.165) is 16.7 Å². The first-order chi connectivity index (χ1) is 20.1. The van der Waals surface area contributed by atoms with Crippen LogP contribution >= 0.6 is 7.14 Å². The third-order valence-corrected chi connectivity index (χ3v) is 11.2. The summed E-state index contributed by atoms with van der Waals surface area (Å²) in [4.78, 5) is 17.1. The van der Waals surface area contributed by atoms with Crippen molar-refractivity contribution in [2.75, 3.05) is 0 Å². The quantitative estimate of drug-likeness (QED) is 0.151. The van der Waals surface area contributed by atoms with E-state index in [1.54, 1.807) is 0 Å². The van der Waals surface area contributed by atoms with Gasteiger partial charge in [0.15, 0.2) is 12.9 Å². The number of rotatable bonds is 12. The summed E-state index contributed by atoms with van der Waals surface area (Å²) in [6, 6.07) is 49.3. The predicted octanol–water partition coefficient (Wildman–Crippen LogP) is 7.27. The zero-order valence-corrected chi connectivity index (χ0v) is 24.3. The van der Waals surface area contributed by atoms with E-state index in [2.05, 4.69) is 41.3 Å². The maximum atomic E-state index is 15.2. The van der Waals surface area contributed by atoms with Gasteiger partial charge in [-0.1, -0.05) is 152 Å². The van der Waals surface area contributed by atoms with E-state index in [9.17, 15) is 4.79 Å². The van der Waals surface area contributed by atoms with Gasteiger partial charge < -0.3 is 4.57 Å². The number of carbonyl (C=O) groups excluding carboxylic acids is 1. The van der Waals surface area contributed by atoms with Crippen molar-refractivity contribution in [1.82, 2.24) is 4.90 Å². The number of carbonyl (C=O) groups is 1.